The molecule has 0 aromatic carbocycles. The van der Waals surface area contributed by atoms with Gasteiger partial charge in [0.25, 0.3) is 0 Å². The number of hydrogen-bond donors (Lipinski definition) is 0. The van der Waals surface area contributed by atoms with Crippen molar-refractivity contribution >= 4 is 5.91 Å². The van der Waals surface area contributed by atoms with Gasteiger partial charge in [0.15, 0.2) is 0 Å². The molecule has 0 N–H and O–H groups in total. The normalized spacial score (nSPS) is 24.1. The van der Waals surface area contributed by atoms with Gasteiger partial charge in [-0.05, 0) is 38.0 Å². The predicted octanol–water partition coefficient (Wildman–Crippen LogP) is 3.07. The Morgan fingerprint density at radius 1 is 1.20 bits per heavy atom. The number of carbonyl (C=O) groups excluding carboxylic acids is 1. The SMILES string of the molecule is CC(=O)N1CCN(CCC2=C(C)CCCC2(C)C)CC1. The highest BCUT2D eigenvalue weighted by molar-refractivity contribution is 5.73. The fourth-order valence-corrected chi connectivity index (χ4v) is 3.78. The van der Waals surface area contributed by atoms with E-state index in [1.807, 2.05) is 4.90 Å². The lowest BCUT2D eigenvalue weighted by molar-refractivity contribution is -0.130. The molecule has 3 heteroatoms. The molecule has 0 aromatic heterocycles. The lowest BCUT2D eigenvalue weighted by atomic mass is 9.71. The second kappa shape index (κ2) is 6.30. The van der Waals surface area contributed by atoms with Crippen molar-refractivity contribution in [3.63, 3.8) is 0 Å². The molecule has 1 fully saturated rings. The molecule has 0 atom stereocenters. The zero-order valence-corrected chi connectivity index (χ0v) is 13.7. The number of carbonyl (C=O) groups is 1. The van der Waals surface area contributed by atoms with E-state index in [2.05, 4.69) is 25.7 Å². The summed E-state index contributed by atoms with van der Waals surface area (Å²) < 4.78 is 0. The van der Waals surface area contributed by atoms with Crippen LogP contribution in [0, 0.1) is 5.41 Å². The molecular formula is C17H30N2O. The van der Waals surface area contributed by atoms with Gasteiger partial charge in [-0.2, -0.15) is 0 Å². The van der Waals surface area contributed by atoms with Crippen LogP contribution in [0.5, 0.6) is 0 Å². The van der Waals surface area contributed by atoms with E-state index in [0.29, 0.717) is 5.41 Å². The van der Waals surface area contributed by atoms with Gasteiger partial charge in [-0.15, -0.1) is 0 Å². The van der Waals surface area contributed by atoms with E-state index in [4.69, 9.17) is 0 Å². The molecule has 3 nitrogen and oxygen atoms in total. The standard InChI is InChI=1S/C17H30N2O/c1-14-6-5-8-17(3,4)16(14)7-9-18-10-12-19(13-11-18)15(2)20/h5-13H2,1-4H3. The van der Waals surface area contributed by atoms with Crippen molar-refractivity contribution < 1.29 is 4.79 Å². The van der Waals surface area contributed by atoms with Crippen molar-refractivity contribution in [3.8, 4) is 0 Å². The minimum absolute atomic E-state index is 0.219. The number of amides is 1. The highest BCUT2D eigenvalue weighted by Crippen LogP contribution is 2.41. The molecule has 2 rings (SSSR count). The summed E-state index contributed by atoms with van der Waals surface area (Å²) >= 11 is 0. The first kappa shape index (κ1) is 15.6. The van der Waals surface area contributed by atoms with Crippen molar-refractivity contribution in [1.82, 2.24) is 9.80 Å². The Kier molecular flexibility index (Phi) is 4.90. The lowest BCUT2D eigenvalue weighted by Gasteiger charge is -2.38. The third kappa shape index (κ3) is 3.63. The Labute approximate surface area is 124 Å². The highest BCUT2D eigenvalue weighted by Gasteiger charge is 2.28. The molecule has 1 amide bonds. The summed E-state index contributed by atoms with van der Waals surface area (Å²) in [5.41, 5.74) is 3.71. The van der Waals surface area contributed by atoms with Gasteiger partial charge in [0.2, 0.25) is 5.91 Å². The zero-order valence-electron chi connectivity index (χ0n) is 13.7. The van der Waals surface area contributed by atoms with Crippen LogP contribution in [-0.4, -0.2) is 48.4 Å². The third-order valence-corrected chi connectivity index (χ3v) is 5.18. The summed E-state index contributed by atoms with van der Waals surface area (Å²) in [5, 5.41) is 0. The maximum absolute atomic E-state index is 11.3. The van der Waals surface area contributed by atoms with Crippen molar-refractivity contribution in [3.05, 3.63) is 11.1 Å². The molecule has 1 saturated heterocycles. The zero-order chi connectivity index (χ0) is 14.8. The van der Waals surface area contributed by atoms with E-state index in [9.17, 15) is 4.79 Å². The van der Waals surface area contributed by atoms with Crippen LogP contribution in [0.3, 0.4) is 0 Å². The maximum atomic E-state index is 11.3. The van der Waals surface area contributed by atoms with Crippen molar-refractivity contribution in [2.45, 2.75) is 53.4 Å². The average Bonchev–Trinajstić information content (AvgIpc) is 2.38. The molecule has 0 bridgehead atoms. The Hall–Kier alpha value is -0.830. The minimum atomic E-state index is 0.219. The molecule has 114 valence electrons. The minimum Gasteiger partial charge on any atom is -0.340 e. The molecule has 20 heavy (non-hydrogen) atoms. The van der Waals surface area contributed by atoms with Gasteiger partial charge in [0.05, 0.1) is 0 Å². The molecule has 0 spiro atoms. The van der Waals surface area contributed by atoms with Crippen LogP contribution in [0.4, 0.5) is 0 Å². The van der Waals surface area contributed by atoms with E-state index in [1.165, 1.54) is 25.7 Å². The average molecular weight is 278 g/mol. The van der Waals surface area contributed by atoms with Gasteiger partial charge >= 0.3 is 0 Å². The number of hydrogen-bond acceptors (Lipinski definition) is 2. The van der Waals surface area contributed by atoms with Gasteiger partial charge in [0.1, 0.15) is 0 Å². The molecular weight excluding hydrogens is 248 g/mol. The molecule has 0 saturated carbocycles. The molecule has 1 aliphatic carbocycles. The van der Waals surface area contributed by atoms with Crippen LogP contribution >= 0.6 is 0 Å². The molecule has 0 aromatic rings. The fraction of sp³-hybridized carbons (Fsp3) is 0.824. The van der Waals surface area contributed by atoms with E-state index in [-0.39, 0.29) is 5.91 Å². The van der Waals surface area contributed by atoms with Crippen molar-refractivity contribution in [2.75, 3.05) is 32.7 Å². The molecule has 1 aliphatic heterocycles. The first-order chi connectivity index (χ1) is 9.40. The molecule has 0 radical (unpaired) electrons. The van der Waals surface area contributed by atoms with E-state index >= 15 is 0 Å². The van der Waals surface area contributed by atoms with E-state index in [1.54, 1.807) is 18.1 Å². The second-order valence-corrected chi connectivity index (χ2v) is 7.09. The Bertz CT molecular complexity index is 390. The first-order valence-electron chi connectivity index (χ1n) is 8.07. The van der Waals surface area contributed by atoms with Crippen LogP contribution in [0.15, 0.2) is 11.1 Å². The number of nitrogens with zero attached hydrogens (tertiary/aromatic N) is 2. The Balaban J connectivity index is 1.85. The van der Waals surface area contributed by atoms with Crippen LogP contribution in [0.2, 0.25) is 0 Å². The first-order valence-corrected chi connectivity index (χ1v) is 8.07. The number of rotatable bonds is 3. The van der Waals surface area contributed by atoms with Gasteiger partial charge in [-0.3, -0.25) is 9.69 Å². The monoisotopic (exact) mass is 278 g/mol. The second-order valence-electron chi connectivity index (χ2n) is 7.09. The van der Waals surface area contributed by atoms with Crippen molar-refractivity contribution in [1.29, 1.82) is 0 Å². The van der Waals surface area contributed by atoms with Crippen LogP contribution in [0.25, 0.3) is 0 Å². The Morgan fingerprint density at radius 2 is 1.85 bits per heavy atom. The lowest BCUT2D eigenvalue weighted by Crippen LogP contribution is -2.48. The quantitative estimate of drug-likeness (QED) is 0.741. The molecule has 1 heterocycles. The predicted molar refractivity (Wildman–Crippen MR) is 83.6 cm³/mol. The molecule has 0 unspecified atom stereocenters. The van der Waals surface area contributed by atoms with Crippen LogP contribution < -0.4 is 0 Å². The Morgan fingerprint density at radius 3 is 2.40 bits per heavy atom. The fourth-order valence-electron chi connectivity index (χ4n) is 3.78. The summed E-state index contributed by atoms with van der Waals surface area (Å²) in [7, 11) is 0. The summed E-state index contributed by atoms with van der Waals surface area (Å²) in [4.78, 5) is 15.8. The van der Waals surface area contributed by atoms with Crippen molar-refractivity contribution in [2.24, 2.45) is 5.41 Å². The van der Waals surface area contributed by atoms with Crippen LogP contribution in [0.1, 0.15) is 53.4 Å². The number of allylic oxidation sites excluding steroid dienone is 1. The molecule has 2 aliphatic rings. The highest BCUT2D eigenvalue weighted by atomic mass is 16.2. The van der Waals surface area contributed by atoms with E-state index < -0.39 is 0 Å². The van der Waals surface area contributed by atoms with Gasteiger partial charge in [-0.25, -0.2) is 0 Å². The number of piperazine rings is 1. The third-order valence-electron chi connectivity index (χ3n) is 5.18. The maximum Gasteiger partial charge on any atom is 0.219 e. The van der Waals surface area contributed by atoms with Gasteiger partial charge < -0.3 is 4.90 Å². The summed E-state index contributed by atoms with van der Waals surface area (Å²) in [5.74, 6) is 0.219. The van der Waals surface area contributed by atoms with Gasteiger partial charge in [-0.1, -0.05) is 25.0 Å². The summed E-state index contributed by atoms with van der Waals surface area (Å²) in [6, 6.07) is 0. The van der Waals surface area contributed by atoms with E-state index in [0.717, 1.165) is 32.7 Å². The summed E-state index contributed by atoms with van der Waals surface area (Å²) in [6.45, 7) is 13.8. The van der Waals surface area contributed by atoms with Gasteiger partial charge in [0, 0.05) is 39.6 Å². The van der Waals surface area contributed by atoms with Crippen LogP contribution in [-0.2, 0) is 4.79 Å². The largest absolute Gasteiger partial charge is 0.340 e. The topological polar surface area (TPSA) is 23.6 Å². The smallest absolute Gasteiger partial charge is 0.219 e. The summed E-state index contributed by atoms with van der Waals surface area (Å²) in [6.07, 6.45) is 5.17.